The van der Waals surface area contributed by atoms with Crippen LogP contribution in [0.15, 0.2) is 48.5 Å². The molecule has 4 heteroatoms. The molecule has 0 radical (unpaired) electrons. The van der Waals surface area contributed by atoms with Crippen LogP contribution >= 0.6 is 0 Å². The van der Waals surface area contributed by atoms with Crippen molar-refractivity contribution in [1.29, 1.82) is 0 Å². The summed E-state index contributed by atoms with van der Waals surface area (Å²) in [4.78, 5) is 13.7. The Morgan fingerprint density at radius 3 is 2.32 bits per heavy atom. The number of carbonyl (C=O) groups is 1. The summed E-state index contributed by atoms with van der Waals surface area (Å²) >= 11 is 0. The van der Waals surface area contributed by atoms with Gasteiger partial charge >= 0.3 is 5.97 Å². The van der Waals surface area contributed by atoms with Gasteiger partial charge < -0.3 is 14.7 Å². The van der Waals surface area contributed by atoms with Crippen molar-refractivity contribution in [3.8, 4) is 5.75 Å². The Hall–Kier alpha value is -2.49. The fourth-order valence-electron chi connectivity index (χ4n) is 2.45. The van der Waals surface area contributed by atoms with Crippen LogP contribution in [0.3, 0.4) is 0 Å². The van der Waals surface area contributed by atoms with E-state index < -0.39 is 11.9 Å². The maximum atomic E-state index is 11.7. The number of para-hydroxylation sites is 1. The number of rotatable bonds is 6. The Bertz CT molecular complexity index is 635. The van der Waals surface area contributed by atoms with Crippen LogP contribution in [0.2, 0.25) is 0 Å². The Morgan fingerprint density at radius 1 is 1.14 bits per heavy atom. The molecule has 116 valence electrons. The minimum Gasteiger partial charge on any atom is -0.496 e. The van der Waals surface area contributed by atoms with Crippen LogP contribution in [0.1, 0.15) is 17.0 Å². The molecule has 0 aliphatic carbocycles. The van der Waals surface area contributed by atoms with E-state index in [2.05, 4.69) is 0 Å². The molecular formula is C18H21NO3. The summed E-state index contributed by atoms with van der Waals surface area (Å²) in [6.45, 7) is 0. The van der Waals surface area contributed by atoms with Crippen molar-refractivity contribution in [2.45, 2.75) is 12.3 Å². The summed E-state index contributed by atoms with van der Waals surface area (Å²) in [6, 6.07) is 15.2. The van der Waals surface area contributed by atoms with E-state index in [0.717, 1.165) is 11.3 Å². The number of benzene rings is 2. The molecule has 0 fully saturated rings. The zero-order valence-electron chi connectivity index (χ0n) is 13.1. The van der Waals surface area contributed by atoms with Crippen molar-refractivity contribution in [1.82, 2.24) is 0 Å². The van der Waals surface area contributed by atoms with Crippen LogP contribution in [0.4, 0.5) is 5.69 Å². The first kappa shape index (κ1) is 15.9. The molecule has 0 spiro atoms. The van der Waals surface area contributed by atoms with Crippen LogP contribution in [-0.2, 0) is 11.2 Å². The van der Waals surface area contributed by atoms with E-state index in [0.29, 0.717) is 17.7 Å². The summed E-state index contributed by atoms with van der Waals surface area (Å²) < 4.78 is 5.29. The first-order chi connectivity index (χ1) is 10.5. The zero-order chi connectivity index (χ0) is 16.1. The van der Waals surface area contributed by atoms with Gasteiger partial charge in [0.05, 0.1) is 13.0 Å². The van der Waals surface area contributed by atoms with Crippen molar-refractivity contribution in [3.63, 3.8) is 0 Å². The second-order valence-electron chi connectivity index (χ2n) is 5.40. The van der Waals surface area contributed by atoms with Crippen molar-refractivity contribution in [2.75, 3.05) is 26.1 Å². The average molecular weight is 299 g/mol. The lowest BCUT2D eigenvalue weighted by Gasteiger charge is -2.17. The zero-order valence-corrected chi connectivity index (χ0v) is 13.1. The monoisotopic (exact) mass is 299 g/mol. The minimum absolute atomic E-state index is 0.434. The number of anilines is 1. The molecule has 2 rings (SSSR count). The Labute approximate surface area is 131 Å². The second-order valence-corrected chi connectivity index (χ2v) is 5.40. The third-order valence-corrected chi connectivity index (χ3v) is 3.71. The highest BCUT2D eigenvalue weighted by Gasteiger charge is 2.23. The first-order valence-corrected chi connectivity index (χ1v) is 7.15. The highest BCUT2D eigenvalue weighted by molar-refractivity contribution is 5.77. The first-order valence-electron chi connectivity index (χ1n) is 7.15. The Morgan fingerprint density at radius 2 is 1.77 bits per heavy atom. The lowest BCUT2D eigenvalue weighted by Crippen LogP contribution is -2.15. The molecule has 0 aliphatic heterocycles. The maximum Gasteiger partial charge on any atom is 0.311 e. The molecule has 1 atom stereocenters. The second kappa shape index (κ2) is 6.98. The van der Waals surface area contributed by atoms with Gasteiger partial charge in [0, 0.05) is 25.3 Å². The molecule has 0 aromatic heterocycles. The molecule has 1 N–H and O–H groups in total. The maximum absolute atomic E-state index is 11.7. The van der Waals surface area contributed by atoms with Gasteiger partial charge in [0.2, 0.25) is 0 Å². The molecule has 2 aromatic rings. The number of carboxylic acid groups (broad SMARTS) is 1. The van der Waals surface area contributed by atoms with Crippen LogP contribution in [0, 0.1) is 0 Å². The number of methoxy groups -OCH3 is 1. The summed E-state index contributed by atoms with van der Waals surface area (Å²) in [5.41, 5.74) is 2.78. The lowest BCUT2D eigenvalue weighted by molar-refractivity contribution is -0.138. The summed E-state index contributed by atoms with van der Waals surface area (Å²) in [5, 5.41) is 9.59. The predicted molar refractivity (Wildman–Crippen MR) is 87.8 cm³/mol. The number of hydrogen-bond acceptors (Lipinski definition) is 3. The molecule has 1 unspecified atom stereocenters. The molecule has 0 heterocycles. The van der Waals surface area contributed by atoms with Crippen LogP contribution in [-0.4, -0.2) is 32.3 Å². The third-order valence-electron chi connectivity index (χ3n) is 3.71. The normalized spacial score (nSPS) is 11.8. The highest BCUT2D eigenvalue weighted by atomic mass is 16.5. The average Bonchev–Trinajstić information content (AvgIpc) is 2.52. The summed E-state index contributed by atoms with van der Waals surface area (Å²) in [5.74, 6) is -0.859. The van der Waals surface area contributed by atoms with Gasteiger partial charge in [-0.2, -0.15) is 0 Å². The molecule has 22 heavy (non-hydrogen) atoms. The van der Waals surface area contributed by atoms with E-state index in [1.54, 1.807) is 13.2 Å². The van der Waals surface area contributed by atoms with E-state index in [9.17, 15) is 9.90 Å². The quantitative estimate of drug-likeness (QED) is 0.890. The minimum atomic E-state index is -0.846. The molecular weight excluding hydrogens is 278 g/mol. The highest BCUT2D eigenvalue weighted by Crippen LogP contribution is 2.30. The van der Waals surface area contributed by atoms with Crippen molar-refractivity contribution in [2.24, 2.45) is 0 Å². The van der Waals surface area contributed by atoms with Crippen molar-refractivity contribution < 1.29 is 14.6 Å². The lowest BCUT2D eigenvalue weighted by atomic mass is 9.91. The standard InChI is InChI=1S/C18H21NO3/c1-19(2)14-10-8-13(9-11-14)12-16(18(20)21)15-6-4-5-7-17(15)22-3/h4-11,16H,12H2,1-3H3,(H,20,21). The van der Waals surface area contributed by atoms with Crippen LogP contribution in [0.25, 0.3) is 0 Å². The van der Waals surface area contributed by atoms with Crippen molar-refractivity contribution in [3.05, 3.63) is 59.7 Å². The van der Waals surface area contributed by atoms with E-state index >= 15 is 0 Å². The fraction of sp³-hybridized carbons (Fsp3) is 0.278. The van der Waals surface area contributed by atoms with Gasteiger partial charge in [-0.3, -0.25) is 4.79 Å². The molecule has 0 bridgehead atoms. The smallest absolute Gasteiger partial charge is 0.311 e. The van der Waals surface area contributed by atoms with Crippen LogP contribution in [0.5, 0.6) is 5.75 Å². The van der Waals surface area contributed by atoms with Gasteiger partial charge in [-0.05, 0) is 30.2 Å². The number of ether oxygens (including phenoxy) is 1. The number of hydrogen-bond donors (Lipinski definition) is 1. The van der Waals surface area contributed by atoms with Gasteiger partial charge in [0.1, 0.15) is 5.75 Å². The number of nitrogens with zero attached hydrogens (tertiary/aromatic N) is 1. The molecule has 4 nitrogen and oxygen atoms in total. The molecule has 0 aliphatic rings. The van der Waals surface area contributed by atoms with E-state index in [4.69, 9.17) is 4.74 Å². The van der Waals surface area contributed by atoms with Gasteiger partial charge in [-0.1, -0.05) is 30.3 Å². The summed E-state index contributed by atoms with van der Waals surface area (Å²) in [7, 11) is 5.51. The topological polar surface area (TPSA) is 49.8 Å². The number of carboxylic acids is 1. The van der Waals surface area contributed by atoms with Gasteiger partial charge in [0.15, 0.2) is 0 Å². The molecule has 0 saturated heterocycles. The van der Waals surface area contributed by atoms with Gasteiger partial charge in [-0.25, -0.2) is 0 Å². The fourth-order valence-corrected chi connectivity index (χ4v) is 2.45. The van der Waals surface area contributed by atoms with Gasteiger partial charge in [0.25, 0.3) is 0 Å². The summed E-state index contributed by atoms with van der Waals surface area (Å²) in [6.07, 6.45) is 0.434. The van der Waals surface area contributed by atoms with Crippen LogP contribution < -0.4 is 9.64 Å². The molecule has 0 saturated carbocycles. The van der Waals surface area contributed by atoms with Gasteiger partial charge in [-0.15, -0.1) is 0 Å². The Kier molecular flexibility index (Phi) is 5.04. The van der Waals surface area contributed by atoms with E-state index in [1.807, 2.05) is 61.5 Å². The predicted octanol–water partition coefficient (Wildman–Crippen LogP) is 3.17. The molecule has 2 aromatic carbocycles. The van der Waals surface area contributed by atoms with E-state index in [1.165, 1.54) is 0 Å². The largest absolute Gasteiger partial charge is 0.496 e. The number of aliphatic carboxylic acids is 1. The van der Waals surface area contributed by atoms with Crippen molar-refractivity contribution >= 4 is 11.7 Å². The molecule has 0 amide bonds. The SMILES string of the molecule is COc1ccccc1C(Cc1ccc(N(C)C)cc1)C(=O)O. The van der Waals surface area contributed by atoms with E-state index in [-0.39, 0.29) is 0 Å². The Balaban J connectivity index is 2.27. The third kappa shape index (κ3) is 3.58.